The van der Waals surface area contributed by atoms with E-state index in [2.05, 4.69) is 15.9 Å². The third kappa shape index (κ3) is 1.04. The molecule has 0 saturated heterocycles. The molecule has 9 heavy (non-hydrogen) atoms. The van der Waals surface area contributed by atoms with Crippen LogP contribution in [0, 0.1) is 6.92 Å². The first kappa shape index (κ1) is 6.89. The van der Waals surface area contributed by atoms with E-state index in [9.17, 15) is 0 Å². The van der Waals surface area contributed by atoms with Gasteiger partial charge in [0.2, 0.25) is 0 Å². The maximum Gasteiger partial charge on any atom is 0.183 e. The van der Waals surface area contributed by atoms with Gasteiger partial charge in [0.05, 0.1) is 0 Å². The molecule has 0 atom stereocenters. The van der Waals surface area contributed by atoms with Crippen LogP contribution in [0.4, 0.5) is 0 Å². The summed E-state index contributed by atoms with van der Waals surface area (Å²) in [4.78, 5) is 0.722. The fourth-order valence-electron chi connectivity index (χ4n) is 0.491. The van der Waals surface area contributed by atoms with Gasteiger partial charge in [0.1, 0.15) is 3.79 Å². The minimum atomic E-state index is -0.0579. The normalized spacial score (nSPS) is 10.0. The zero-order valence-corrected chi connectivity index (χ0v) is 7.08. The van der Waals surface area contributed by atoms with Crippen LogP contribution in [0.3, 0.4) is 0 Å². The van der Waals surface area contributed by atoms with E-state index in [-0.39, 0.29) is 11.5 Å². The molecule has 0 saturated carbocycles. The smallest absolute Gasteiger partial charge is 0.183 e. The Morgan fingerprint density at radius 3 is 2.00 bits per heavy atom. The van der Waals surface area contributed by atoms with Crippen LogP contribution in [-0.2, 0) is 0 Å². The molecule has 4 heteroatoms. The molecule has 1 aromatic rings. The van der Waals surface area contributed by atoms with Crippen LogP contribution in [0.2, 0.25) is 0 Å². The van der Waals surface area contributed by atoms with Gasteiger partial charge in [-0.1, -0.05) is 0 Å². The van der Waals surface area contributed by atoms with Crippen molar-refractivity contribution in [3.05, 3.63) is 8.66 Å². The van der Waals surface area contributed by atoms with Crippen molar-refractivity contribution in [2.45, 2.75) is 6.92 Å². The first-order valence-electron chi connectivity index (χ1n) is 2.29. The van der Waals surface area contributed by atoms with Crippen LogP contribution in [0.15, 0.2) is 3.79 Å². The van der Waals surface area contributed by atoms with E-state index in [0.717, 1.165) is 4.88 Å². The van der Waals surface area contributed by atoms with E-state index in [4.69, 9.17) is 10.2 Å². The number of halogens is 1. The van der Waals surface area contributed by atoms with Crippen LogP contribution in [0.1, 0.15) is 4.88 Å². The Hall–Kier alpha value is -0.220. The maximum atomic E-state index is 8.96. The third-order valence-electron chi connectivity index (χ3n) is 0.987. The predicted octanol–water partition coefficient (Wildman–Crippen LogP) is 2.23. The molecule has 2 nitrogen and oxygen atoms in total. The first-order chi connectivity index (χ1) is 4.13. The number of aromatic hydroxyl groups is 2. The Bertz CT molecular complexity index is 209. The number of thiophene rings is 1. The summed E-state index contributed by atoms with van der Waals surface area (Å²) in [5, 5.41) is 17.9. The molecule has 1 aromatic heterocycles. The van der Waals surface area contributed by atoms with Crippen molar-refractivity contribution in [3.63, 3.8) is 0 Å². The molecule has 1 rings (SSSR count). The molecule has 2 N–H and O–H groups in total. The topological polar surface area (TPSA) is 40.5 Å². The van der Waals surface area contributed by atoms with E-state index in [1.54, 1.807) is 6.92 Å². The summed E-state index contributed by atoms with van der Waals surface area (Å²) in [6.45, 7) is 1.74. The number of hydrogen-bond donors (Lipinski definition) is 2. The Balaban J connectivity index is 3.29. The second kappa shape index (κ2) is 2.19. The van der Waals surface area contributed by atoms with Gasteiger partial charge < -0.3 is 10.2 Å². The van der Waals surface area contributed by atoms with Gasteiger partial charge in [-0.05, 0) is 22.9 Å². The van der Waals surface area contributed by atoms with Gasteiger partial charge >= 0.3 is 0 Å². The SMILES string of the molecule is Cc1sc(Br)c(O)c1O. The zero-order chi connectivity index (χ0) is 7.02. The summed E-state index contributed by atoms with van der Waals surface area (Å²) >= 11 is 4.39. The highest BCUT2D eigenvalue weighted by molar-refractivity contribution is 9.11. The van der Waals surface area contributed by atoms with Crippen molar-refractivity contribution in [2.24, 2.45) is 0 Å². The second-order valence-electron chi connectivity index (χ2n) is 1.63. The van der Waals surface area contributed by atoms with E-state index in [1.165, 1.54) is 11.3 Å². The van der Waals surface area contributed by atoms with Crippen LogP contribution >= 0.6 is 27.3 Å². The van der Waals surface area contributed by atoms with Gasteiger partial charge in [-0.25, -0.2) is 0 Å². The highest BCUT2D eigenvalue weighted by Gasteiger charge is 2.10. The molecule has 0 unspecified atom stereocenters. The molecule has 0 bridgehead atoms. The quantitative estimate of drug-likeness (QED) is 0.687. The minimum Gasteiger partial charge on any atom is -0.503 e. The Kier molecular flexibility index (Phi) is 1.68. The molecule has 0 fully saturated rings. The van der Waals surface area contributed by atoms with Gasteiger partial charge in [-0.2, -0.15) is 0 Å². The average Bonchev–Trinajstić information content (AvgIpc) is 1.98. The second-order valence-corrected chi connectivity index (χ2v) is 4.17. The van der Waals surface area contributed by atoms with Crippen LogP contribution in [-0.4, -0.2) is 10.2 Å². The highest BCUT2D eigenvalue weighted by Crippen LogP contribution is 2.42. The minimum absolute atomic E-state index is 0.0214. The van der Waals surface area contributed by atoms with Gasteiger partial charge in [-0.3, -0.25) is 0 Å². The third-order valence-corrected chi connectivity index (χ3v) is 2.72. The van der Waals surface area contributed by atoms with Crippen molar-refractivity contribution >= 4 is 27.3 Å². The summed E-state index contributed by atoms with van der Waals surface area (Å²) < 4.78 is 0.581. The molecule has 50 valence electrons. The summed E-state index contributed by atoms with van der Waals surface area (Å²) in [5.74, 6) is -0.0793. The van der Waals surface area contributed by atoms with E-state index < -0.39 is 0 Å². The molecule has 0 radical (unpaired) electrons. The molecule has 1 heterocycles. The van der Waals surface area contributed by atoms with E-state index in [0.29, 0.717) is 3.79 Å². The van der Waals surface area contributed by atoms with Crippen molar-refractivity contribution < 1.29 is 10.2 Å². The molecule has 0 aliphatic rings. The Morgan fingerprint density at radius 1 is 1.33 bits per heavy atom. The molecule has 0 aliphatic carbocycles. The molecule has 0 amide bonds. The van der Waals surface area contributed by atoms with Crippen molar-refractivity contribution in [1.82, 2.24) is 0 Å². The fraction of sp³-hybridized carbons (Fsp3) is 0.200. The Labute approximate surface area is 64.9 Å². The van der Waals surface area contributed by atoms with Gasteiger partial charge in [0.15, 0.2) is 11.5 Å². The summed E-state index contributed by atoms with van der Waals surface area (Å²) in [7, 11) is 0. The van der Waals surface area contributed by atoms with Crippen molar-refractivity contribution in [3.8, 4) is 11.5 Å². The maximum absolute atomic E-state index is 8.96. The van der Waals surface area contributed by atoms with Gasteiger partial charge in [-0.15, -0.1) is 11.3 Å². The van der Waals surface area contributed by atoms with Crippen LogP contribution in [0.5, 0.6) is 11.5 Å². The number of hydrogen-bond acceptors (Lipinski definition) is 3. The molecule has 0 aliphatic heterocycles. The average molecular weight is 209 g/mol. The van der Waals surface area contributed by atoms with Crippen molar-refractivity contribution in [2.75, 3.05) is 0 Å². The number of aryl methyl sites for hydroxylation is 1. The fourth-order valence-corrected chi connectivity index (χ4v) is 2.06. The lowest BCUT2D eigenvalue weighted by atomic mass is 10.4. The van der Waals surface area contributed by atoms with Crippen LogP contribution < -0.4 is 0 Å². The summed E-state index contributed by atoms with van der Waals surface area (Å²) in [5.41, 5.74) is 0. The largest absolute Gasteiger partial charge is 0.503 e. The van der Waals surface area contributed by atoms with Gasteiger partial charge in [0, 0.05) is 4.88 Å². The molecular formula is C5H5BrO2S. The molecule has 0 spiro atoms. The summed E-state index contributed by atoms with van der Waals surface area (Å²) in [6.07, 6.45) is 0. The summed E-state index contributed by atoms with van der Waals surface area (Å²) in [6, 6.07) is 0. The monoisotopic (exact) mass is 208 g/mol. The molecule has 0 aromatic carbocycles. The lowest BCUT2D eigenvalue weighted by Gasteiger charge is -1.86. The van der Waals surface area contributed by atoms with E-state index >= 15 is 0 Å². The predicted molar refractivity (Wildman–Crippen MR) is 40.1 cm³/mol. The van der Waals surface area contributed by atoms with Crippen LogP contribution in [0.25, 0.3) is 0 Å². The van der Waals surface area contributed by atoms with Crippen molar-refractivity contribution in [1.29, 1.82) is 0 Å². The highest BCUT2D eigenvalue weighted by atomic mass is 79.9. The molecular weight excluding hydrogens is 204 g/mol. The van der Waals surface area contributed by atoms with Gasteiger partial charge in [0.25, 0.3) is 0 Å². The zero-order valence-electron chi connectivity index (χ0n) is 4.68. The Morgan fingerprint density at radius 2 is 1.89 bits per heavy atom. The van der Waals surface area contributed by atoms with E-state index in [1.807, 2.05) is 0 Å². The standard InChI is InChI=1S/C5H5BrO2S/c1-2-3(7)4(8)5(6)9-2/h7-8H,1H3. The first-order valence-corrected chi connectivity index (χ1v) is 3.90. The number of rotatable bonds is 0. The lowest BCUT2D eigenvalue weighted by Crippen LogP contribution is -1.59. The lowest BCUT2D eigenvalue weighted by molar-refractivity contribution is 0.404.